The molecule has 5 rings (SSSR count). The van der Waals surface area contributed by atoms with E-state index in [0.29, 0.717) is 28.2 Å². The summed E-state index contributed by atoms with van der Waals surface area (Å²) in [7, 11) is 0. The third-order valence-electron chi connectivity index (χ3n) is 5.56. The van der Waals surface area contributed by atoms with Gasteiger partial charge in [-0.05, 0) is 35.9 Å². The summed E-state index contributed by atoms with van der Waals surface area (Å²) < 4.78 is 7.11. The van der Waals surface area contributed by atoms with Gasteiger partial charge < -0.3 is 9.09 Å². The van der Waals surface area contributed by atoms with Crippen molar-refractivity contribution < 1.29 is 14.1 Å². The second-order valence-electron chi connectivity index (χ2n) is 7.86. The lowest BCUT2D eigenvalue weighted by Gasteiger charge is -2.05. The van der Waals surface area contributed by atoms with E-state index in [2.05, 4.69) is 16.5 Å². The van der Waals surface area contributed by atoms with E-state index in [4.69, 9.17) is 21.4 Å². The molecule has 0 aliphatic heterocycles. The summed E-state index contributed by atoms with van der Waals surface area (Å²) >= 11 is 5.92. The molecule has 0 aliphatic rings. The highest BCUT2D eigenvalue weighted by atomic mass is 35.5. The van der Waals surface area contributed by atoms with Crippen LogP contribution in [0.2, 0.25) is 5.02 Å². The number of hydrogen-bond donors (Lipinski definition) is 1. The van der Waals surface area contributed by atoms with Gasteiger partial charge in [-0.25, -0.2) is 0 Å². The summed E-state index contributed by atoms with van der Waals surface area (Å²) in [6.07, 6.45) is 1.67. The molecule has 0 spiro atoms. The summed E-state index contributed by atoms with van der Waals surface area (Å²) in [5.41, 5.74) is 3.90. The Labute approximate surface area is 205 Å². The average molecular weight is 481 g/mol. The molecule has 3 aromatic carbocycles. The number of nitrogens with one attached hydrogen (secondary N) is 1. The Kier molecular flexibility index (Phi) is 5.88. The summed E-state index contributed by atoms with van der Waals surface area (Å²) in [6, 6.07) is 25.3. The zero-order chi connectivity index (χ0) is 24.4. The van der Waals surface area contributed by atoms with Crippen LogP contribution < -0.4 is 5.32 Å². The quantitative estimate of drug-likeness (QED) is 0.248. The van der Waals surface area contributed by atoms with E-state index in [-0.39, 0.29) is 11.4 Å². The van der Waals surface area contributed by atoms with Crippen molar-refractivity contribution in [3.05, 3.63) is 107 Å². The third-order valence-corrected chi connectivity index (χ3v) is 5.81. The molecule has 8 heteroatoms. The fourth-order valence-electron chi connectivity index (χ4n) is 3.82. The molecule has 0 saturated heterocycles. The van der Waals surface area contributed by atoms with Crippen molar-refractivity contribution in [1.82, 2.24) is 9.72 Å². The van der Waals surface area contributed by atoms with Crippen LogP contribution in [0.3, 0.4) is 0 Å². The van der Waals surface area contributed by atoms with Gasteiger partial charge in [0.2, 0.25) is 5.88 Å². The number of carbonyl (C=O) groups excluding carboxylic acids is 2. The van der Waals surface area contributed by atoms with Gasteiger partial charge in [0.25, 0.3) is 11.7 Å². The van der Waals surface area contributed by atoms with Crippen LogP contribution in [0.1, 0.15) is 21.5 Å². The Balaban J connectivity index is 1.38. The number of rotatable bonds is 6. The van der Waals surface area contributed by atoms with Gasteiger partial charge in [0.05, 0.1) is 17.2 Å². The Hall–Kier alpha value is -4.67. The van der Waals surface area contributed by atoms with E-state index in [0.717, 1.165) is 16.6 Å². The fraction of sp³-hybridized carbons (Fsp3) is 0.0370. The summed E-state index contributed by atoms with van der Waals surface area (Å²) in [4.78, 5) is 25.9. The third kappa shape index (κ3) is 4.56. The van der Waals surface area contributed by atoms with Crippen LogP contribution in [0, 0.1) is 11.3 Å². The second kappa shape index (κ2) is 9.29. The zero-order valence-corrected chi connectivity index (χ0v) is 19.0. The molecule has 0 saturated carbocycles. The van der Waals surface area contributed by atoms with Crippen molar-refractivity contribution in [2.45, 2.75) is 6.54 Å². The van der Waals surface area contributed by atoms with Gasteiger partial charge >= 0.3 is 0 Å². The van der Waals surface area contributed by atoms with Crippen molar-refractivity contribution in [2.24, 2.45) is 0 Å². The zero-order valence-electron chi connectivity index (χ0n) is 18.2. The lowest BCUT2D eigenvalue weighted by atomic mass is 10.1. The number of halogens is 1. The number of amides is 1. The number of benzene rings is 3. The van der Waals surface area contributed by atoms with Crippen molar-refractivity contribution in [1.29, 1.82) is 5.26 Å². The monoisotopic (exact) mass is 480 g/mol. The molecule has 7 nitrogen and oxygen atoms in total. The molecular weight excluding hydrogens is 464 g/mol. The SMILES string of the molecule is N#Cc1ccc(Cn2cc(C(=O)C(=O)Nc3cc(-c4ccc(Cl)cc4)no3)c3ccccc32)cc1. The van der Waals surface area contributed by atoms with E-state index in [9.17, 15) is 9.59 Å². The van der Waals surface area contributed by atoms with Crippen LogP contribution in [-0.4, -0.2) is 21.4 Å². The van der Waals surface area contributed by atoms with Crippen LogP contribution in [-0.2, 0) is 11.3 Å². The van der Waals surface area contributed by atoms with Gasteiger partial charge in [-0.3, -0.25) is 14.9 Å². The number of nitriles is 1. The minimum atomic E-state index is -0.829. The molecule has 170 valence electrons. The molecule has 35 heavy (non-hydrogen) atoms. The number of hydrogen-bond acceptors (Lipinski definition) is 5. The fourth-order valence-corrected chi connectivity index (χ4v) is 3.95. The van der Waals surface area contributed by atoms with E-state index in [1.807, 2.05) is 34.9 Å². The number of fused-ring (bicyclic) bond motifs is 1. The number of ketones is 1. The van der Waals surface area contributed by atoms with E-state index >= 15 is 0 Å². The molecule has 2 aromatic heterocycles. The maximum Gasteiger partial charge on any atom is 0.299 e. The molecule has 0 radical (unpaired) electrons. The van der Waals surface area contributed by atoms with E-state index in [1.54, 1.807) is 54.7 Å². The summed E-state index contributed by atoms with van der Waals surface area (Å²) in [5, 5.41) is 16.7. The molecule has 0 aliphatic carbocycles. The molecule has 0 fully saturated rings. The van der Waals surface area contributed by atoms with Gasteiger partial charge in [0, 0.05) is 40.3 Å². The first-order valence-electron chi connectivity index (χ1n) is 10.7. The number of carbonyl (C=O) groups is 2. The summed E-state index contributed by atoms with van der Waals surface area (Å²) in [5.74, 6) is -1.45. The van der Waals surface area contributed by atoms with Crippen molar-refractivity contribution in [3.8, 4) is 17.3 Å². The minimum absolute atomic E-state index is 0.0645. The van der Waals surface area contributed by atoms with Gasteiger partial charge in [-0.2, -0.15) is 5.26 Å². The normalized spacial score (nSPS) is 10.7. The number of aromatic nitrogens is 2. The van der Waals surface area contributed by atoms with Gasteiger partial charge in [0.1, 0.15) is 5.69 Å². The Bertz CT molecular complexity index is 1590. The van der Waals surface area contributed by atoms with Crippen molar-refractivity contribution in [2.75, 3.05) is 5.32 Å². The molecule has 2 heterocycles. The van der Waals surface area contributed by atoms with Crippen LogP contribution in [0.4, 0.5) is 5.88 Å². The molecule has 0 bridgehead atoms. The van der Waals surface area contributed by atoms with Gasteiger partial charge in [0.15, 0.2) is 0 Å². The first-order chi connectivity index (χ1) is 17.0. The van der Waals surface area contributed by atoms with Crippen LogP contribution in [0.15, 0.2) is 89.6 Å². The minimum Gasteiger partial charge on any atom is -0.342 e. The van der Waals surface area contributed by atoms with Crippen molar-refractivity contribution in [3.63, 3.8) is 0 Å². The predicted octanol–water partition coefficient (Wildman–Crippen LogP) is 5.69. The topological polar surface area (TPSA) is 101 Å². The van der Waals surface area contributed by atoms with E-state index in [1.165, 1.54) is 0 Å². The predicted molar refractivity (Wildman–Crippen MR) is 132 cm³/mol. The average Bonchev–Trinajstić information content (AvgIpc) is 3.49. The maximum absolute atomic E-state index is 13.1. The molecule has 5 aromatic rings. The molecule has 0 atom stereocenters. The van der Waals surface area contributed by atoms with Crippen LogP contribution in [0.5, 0.6) is 0 Å². The van der Waals surface area contributed by atoms with Gasteiger partial charge in [-0.1, -0.05) is 59.2 Å². The van der Waals surface area contributed by atoms with Crippen LogP contribution >= 0.6 is 11.6 Å². The molecular formula is C27H17ClN4O3. The lowest BCUT2D eigenvalue weighted by molar-refractivity contribution is -0.112. The van der Waals surface area contributed by atoms with Gasteiger partial charge in [-0.15, -0.1) is 0 Å². The number of Topliss-reactive ketones (excluding diaryl/α,β-unsaturated/α-hetero) is 1. The van der Waals surface area contributed by atoms with Crippen molar-refractivity contribution >= 4 is 40.1 Å². The first kappa shape index (κ1) is 22.1. The highest BCUT2D eigenvalue weighted by molar-refractivity contribution is 6.48. The molecule has 1 N–H and O–H groups in total. The Morgan fingerprint density at radius 3 is 2.51 bits per heavy atom. The maximum atomic E-state index is 13.1. The number of anilines is 1. The second-order valence-corrected chi connectivity index (χ2v) is 8.30. The summed E-state index contributed by atoms with van der Waals surface area (Å²) in [6.45, 7) is 0.480. The number of para-hydroxylation sites is 1. The number of nitrogens with zero attached hydrogens (tertiary/aromatic N) is 3. The van der Waals surface area contributed by atoms with E-state index < -0.39 is 11.7 Å². The largest absolute Gasteiger partial charge is 0.342 e. The standard InChI is InChI=1S/C27H17ClN4O3/c28-20-11-9-19(10-12-20)23-13-25(35-31-23)30-27(34)26(33)22-16-32(24-4-2-1-3-21(22)24)15-18-7-5-17(14-29)6-8-18/h1-13,16H,15H2,(H,30,34). The smallest absolute Gasteiger partial charge is 0.299 e. The highest BCUT2D eigenvalue weighted by Gasteiger charge is 2.23. The van der Waals surface area contributed by atoms with Crippen LogP contribution in [0.25, 0.3) is 22.2 Å². The highest BCUT2D eigenvalue weighted by Crippen LogP contribution is 2.25. The lowest BCUT2D eigenvalue weighted by Crippen LogP contribution is -2.22. The first-order valence-corrected chi connectivity index (χ1v) is 11.0. The molecule has 1 amide bonds. The molecule has 0 unspecified atom stereocenters. The Morgan fingerprint density at radius 1 is 1.03 bits per heavy atom. The Morgan fingerprint density at radius 2 is 1.77 bits per heavy atom.